The summed E-state index contributed by atoms with van der Waals surface area (Å²) in [5, 5.41) is 3.61. The number of aromatic nitrogens is 2. The highest BCUT2D eigenvalue weighted by molar-refractivity contribution is 7.18. The Morgan fingerprint density at radius 2 is 2.29 bits per heavy atom. The quantitative estimate of drug-likeness (QED) is 0.869. The molecule has 2 aromatic rings. The van der Waals surface area contributed by atoms with Crippen molar-refractivity contribution in [3.8, 4) is 0 Å². The molecule has 0 unspecified atom stereocenters. The molecule has 0 bridgehead atoms. The van der Waals surface area contributed by atoms with E-state index < -0.39 is 0 Å². The predicted molar refractivity (Wildman–Crippen MR) is 82.8 cm³/mol. The van der Waals surface area contributed by atoms with E-state index in [4.69, 9.17) is 10.5 Å². The van der Waals surface area contributed by atoms with Gasteiger partial charge >= 0.3 is 0 Å². The third-order valence-electron chi connectivity index (χ3n) is 3.04. The minimum Gasteiger partial charge on any atom is -0.382 e. The van der Waals surface area contributed by atoms with Gasteiger partial charge in [-0.2, -0.15) is 0 Å². The molecule has 0 aliphatic carbocycles. The first kappa shape index (κ1) is 14.2. The highest BCUT2D eigenvalue weighted by atomic mass is 32.1. The molecule has 1 amide bonds. The van der Waals surface area contributed by atoms with Crippen LogP contribution in [0.5, 0.6) is 0 Å². The number of hydrogen-bond donors (Lipinski definition) is 2. The fourth-order valence-corrected chi connectivity index (χ4v) is 3.44. The van der Waals surface area contributed by atoms with Crippen molar-refractivity contribution < 1.29 is 9.53 Å². The fraction of sp³-hybridized carbons (Fsp3) is 0.417. The van der Waals surface area contributed by atoms with E-state index in [1.54, 1.807) is 11.7 Å². The molecule has 0 saturated carbocycles. The van der Waals surface area contributed by atoms with Crippen molar-refractivity contribution in [3.05, 3.63) is 21.5 Å². The zero-order valence-electron chi connectivity index (χ0n) is 11.2. The lowest BCUT2D eigenvalue weighted by Crippen LogP contribution is -2.36. The average Bonchev–Trinajstić information content (AvgIpc) is 3.15. The summed E-state index contributed by atoms with van der Waals surface area (Å²) >= 11 is 2.82. The summed E-state index contributed by atoms with van der Waals surface area (Å²) in [6.07, 6.45) is 1.74. The molecule has 2 aromatic heterocycles. The standard InChI is InChI=1S/C12H15N5O2S2/c13-10-9(11(18)15-6-8-5-14-7-20-8)21-12(16-10)17-1-3-19-4-2-17/h5,7H,1-4,6,13H2,(H,15,18). The van der Waals surface area contributed by atoms with E-state index in [9.17, 15) is 4.79 Å². The summed E-state index contributed by atoms with van der Waals surface area (Å²) in [6.45, 7) is 3.34. The minimum absolute atomic E-state index is 0.196. The summed E-state index contributed by atoms with van der Waals surface area (Å²) in [5.74, 6) is 0.0844. The molecule has 0 atom stereocenters. The van der Waals surface area contributed by atoms with Gasteiger partial charge in [-0.1, -0.05) is 11.3 Å². The highest BCUT2D eigenvalue weighted by Crippen LogP contribution is 2.28. The number of anilines is 2. The number of nitrogens with one attached hydrogen (secondary N) is 1. The van der Waals surface area contributed by atoms with Crippen LogP contribution in [0.3, 0.4) is 0 Å². The van der Waals surface area contributed by atoms with Gasteiger partial charge in [0.25, 0.3) is 5.91 Å². The number of carbonyl (C=O) groups is 1. The van der Waals surface area contributed by atoms with Gasteiger partial charge in [-0.15, -0.1) is 11.3 Å². The maximum absolute atomic E-state index is 12.2. The van der Waals surface area contributed by atoms with E-state index in [-0.39, 0.29) is 11.7 Å². The molecule has 1 fully saturated rings. The van der Waals surface area contributed by atoms with Crippen LogP contribution in [0.25, 0.3) is 0 Å². The Morgan fingerprint density at radius 3 is 3.00 bits per heavy atom. The van der Waals surface area contributed by atoms with E-state index in [2.05, 4.69) is 20.2 Å². The van der Waals surface area contributed by atoms with Crippen molar-refractivity contribution in [3.63, 3.8) is 0 Å². The molecule has 1 aliphatic rings. The largest absolute Gasteiger partial charge is 0.382 e. The normalized spacial score (nSPS) is 15.1. The SMILES string of the molecule is Nc1nc(N2CCOCC2)sc1C(=O)NCc1cncs1. The summed E-state index contributed by atoms with van der Waals surface area (Å²) in [4.78, 5) is 24.0. The number of hydrogen-bond acceptors (Lipinski definition) is 8. The Morgan fingerprint density at radius 1 is 1.48 bits per heavy atom. The molecular weight excluding hydrogens is 310 g/mol. The molecule has 1 aliphatic heterocycles. The molecular formula is C12H15N5O2S2. The second-order valence-electron chi connectivity index (χ2n) is 4.46. The maximum atomic E-state index is 12.2. The van der Waals surface area contributed by atoms with E-state index in [1.807, 2.05) is 0 Å². The summed E-state index contributed by atoms with van der Waals surface area (Å²) in [6, 6.07) is 0. The van der Waals surface area contributed by atoms with Crippen LogP contribution in [0.2, 0.25) is 0 Å². The molecule has 0 spiro atoms. The number of nitrogen functional groups attached to an aromatic ring is 1. The molecule has 3 rings (SSSR count). The zero-order valence-corrected chi connectivity index (χ0v) is 12.9. The van der Waals surface area contributed by atoms with Gasteiger partial charge in [0.1, 0.15) is 10.7 Å². The van der Waals surface area contributed by atoms with Crippen LogP contribution in [-0.2, 0) is 11.3 Å². The molecule has 1 saturated heterocycles. The molecule has 21 heavy (non-hydrogen) atoms. The Labute approximate surface area is 129 Å². The predicted octanol–water partition coefficient (Wildman–Crippen LogP) is 0.948. The van der Waals surface area contributed by atoms with Crippen molar-refractivity contribution in [1.29, 1.82) is 0 Å². The molecule has 0 radical (unpaired) electrons. The lowest BCUT2D eigenvalue weighted by Gasteiger charge is -2.25. The molecule has 0 aromatic carbocycles. The van der Waals surface area contributed by atoms with E-state index in [1.165, 1.54) is 22.7 Å². The van der Waals surface area contributed by atoms with Crippen LogP contribution in [-0.4, -0.2) is 42.2 Å². The molecule has 9 heteroatoms. The Bertz CT molecular complexity index is 607. The highest BCUT2D eigenvalue weighted by Gasteiger charge is 2.21. The van der Waals surface area contributed by atoms with Crippen LogP contribution in [0.15, 0.2) is 11.7 Å². The number of carbonyl (C=O) groups excluding carboxylic acids is 1. The van der Waals surface area contributed by atoms with Gasteiger partial charge in [0, 0.05) is 24.2 Å². The zero-order chi connectivity index (χ0) is 14.7. The van der Waals surface area contributed by atoms with Crippen LogP contribution in [0, 0.1) is 0 Å². The summed E-state index contributed by atoms with van der Waals surface area (Å²) < 4.78 is 5.31. The molecule has 3 heterocycles. The Kier molecular flexibility index (Phi) is 4.32. The number of nitrogens with two attached hydrogens (primary N) is 1. The second kappa shape index (κ2) is 6.37. The third-order valence-corrected chi connectivity index (χ3v) is 4.95. The van der Waals surface area contributed by atoms with Gasteiger partial charge in [-0.25, -0.2) is 4.98 Å². The summed E-state index contributed by atoms with van der Waals surface area (Å²) in [5.41, 5.74) is 7.60. The third kappa shape index (κ3) is 3.31. The lowest BCUT2D eigenvalue weighted by atomic mass is 10.4. The summed E-state index contributed by atoms with van der Waals surface area (Å²) in [7, 11) is 0. The molecule has 7 nitrogen and oxygen atoms in total. The monoisotopic (exact) mass is 325 g/mol. The lowest BCUT2D eigenvalue weighted by molar-refractivity contribution is 0.0956. The van der Waals surface area contributed by atoms with Crippen LogP contribution >= 0.6 is 22.7 Å². The van der Waals surface area contributed by atoms with Gasteiger partial charge in [0.05, 0.1) is 25.3 Å². The molecule has 112 valence electrons. The maximum Gasteiger partial charge on any atom is 0.265 e. The fourth-order valence-electron chi connectivity index (χ4n) is 1.95. The van der Waals surface area contributed by atoms with E-state index in [0.717, 1.165) is 23.1 Å². The van der Waals surface area contributed by atoms with Gasteiger partial charge in [-0.05, 0) is 0 Å². The number of rotatable bonds is 4. The minimum atomic E-state index is -0.196. The first-order valence-corrected chi connectivity index (χ1v) is 8.18. The van der Waals surface area contributed by atoms with Gasteiger partial charge in [-0.3, -0.25) is 9.78 Å². The second-order valence-corrected chi connectivity index (χ2v) is 6.41. The number of amides is 1. The smallest absolute Gasteiger partial charge is 0.265 e. The van der Waals surface area contributed by atoms with Gasteiger partial charge in [0.2, 0.25) is 0 Å². The van der Waals surface area contributed by atoms with Crippen molar-refractivity contribution in [1.82, 2.24) is 15.3 Å². The van der Waals surface area contributed by atoms with Crippen molar-refractivity contribution in [2.75, 3.05) is 36.9 Å². The van der Waals surface area contributed by atoms with Crippen LogP contribution in [0.4, 0.5) is 10.9 Å². The molecule has 3 N–H and O–H groups in total. The number of nitrogens with zero attached hydrogens (tertiary/aromatic N) is 3. The number of thiazole rings is 2. The Hall–Kier alpha value is -1.71. The topological polar surface area (TPSA) is 93.4 Å². The first-order chi connectivity index (χ1) is 10.2. The average molecular weight is 325 g/mol. The Balaban J connectivity index is 1.66. The van der Waals surface area contributed by atoms with Gasteiger partial charge < -0.3 is 20.7 Å². The first-order valence-electron chi connectivity index (χ1n) is 6.48. The van der Waals surface area contributed by atoms with Gasteiger partial charge in [0.15, 0.2) is 5.13 Å². The number of morpholine rings is 1. The van der Waals surface area contributed by atoms with E-state index >= 15 is 0 Å². The van der Waals surface area contributed by atoms with Crippen LogP contribution < -0.4 is 16.0 Å². The van der Waals surface area contributed by atoms with Crippen molar-refractivity contribution in [2.45, 2.75) is 6.54 Å². The van der Waals surface area contributed by atoms with Crippen LogP contribution in [0.1, 0.15) is 14.5 Å². The van der Waals surface area contributed by atoms with Crippen molar-refractivity contribution in [2.24, 2.45) is 0 Å². The van der Waals surface area contributed by atoms with Crippen molar-refractivity contribution >= 4 is 39.5 Å². The number of ether oxygens (including phenoxy) is 1. The van der Waals surface area contributed by atoms with E-state index in [0.29, 0.717) is 24.6 Å².